The molecule has 16 heavy (non-hydrogen) atoms. The Balaban J connectivity index is 0. The van der Waals surface area contributed by atoms with E-state index >= 15 is 0 Å². The number of rotatable bonds is 1. The van der Waals surface area contributed by atoms with Crippen LogP contribution in [-0.4, -0.2) is 28.7 Å². The Bertz CT molecular complexity index is 246. The van der Waals surface area contributed by atoms with Gasteiger partial charge in [-0.1, -0.05) is 0 Å². The third-order valence-electron chi connectivity index (χ3n) is 1.10. The van der Waals surface area contributed by atoms with Crippen LogP contribution in [0.5, 0.6) is 5.75 Å². The van der Waals surface area contributed by atoms with E-state index in [0.29, 0.717) is 0 Å². The predicted octanol–water partition coefficient (Wildman–Crippen LogP) is 3.90. The summed E-state index contributed by atoms with van der Waals surface area (Å²) in [5.74, 6) is 2.22. The minimum Gasteiger partial charge on any atom is -0.514 e. The molecule has 0 saturated heterocycles. The van der Waals surface area contributed by atoms with Gasteiger partial charge in [-0.15, -0.1) is 12.1 Å². The van der Waals surface area contributed by atoms with Crippen molar-refractivity contribution in [3.05, 3.63) is 36.2 Å². The van der Waals surface area contributed by atoms with E-state index in [4.69, 9.17) is 4.74 Å². The second kappa shape index (κ2) is 8.88. The molecule has 0 amide bonds. The van der Waals surface area contributed by atoms with Gasteiger partial charge in [0.15, 0.2) is 0 Å². The van der Waals surface area contributed by atoms with Gasteiger partial charge in [0, 0.05) is 5.75 Å². The fraction of sp³-hybridized carbons (Fsp3) is 0.500. The summed E-state index contributed by atoms with van der Waals surface area (Å²) >= 11 is 0. The van der Waals surface area contributed by atoms with Crippen molar-refractivity contribution >= 4 is 23.1 Å². The SMILES string of the molecule is CC(C)(C)Oc1[c-]cccc1.C[C-](C)C.[Mg+2]. The molecule has 0 spiro atoms. The predicted molar refractivity (Wildman–Crippen MR) is 71.7 cm³/mol. The summed E-state index contributed by atoms with van der Waals surface area (Å²) in [5.41, 5.74) is -0.127. The summed E-state index contributed by atoms with van der Waals surface area (Å²) < 4.78 is 5.55. The van der Waals surface area contributed by atoms with Crippen molar-refractivity contribution in [2.24, 2.45) is 0 Å². The fourth-order valence-electron chi connectivity index (χ4n) is 0.770. The van der Waals surface area contributed by atoms with Gasteiger partial charge in [-0.25, -0.2) is 0 Å². The number of ether oxygens (including phenoxy) is 1. The second-order valence-electron chi connectivity index (χ2n) is 4.94. The molecule has 2 heteroatoms. The summed E-state index contributed by atoms with van der Waals surface area (Å²) in [5, 5.41) is 0. The van der Waals surface area contributed by atoms with Crippen LogP contribution < -0.4 is 4.74 Å². The molecule has 0 heterocycles. The Morgan fingerprint density at radius 1 is 1.12 bits per heavy atom. The Morgan fingerprint density at radius 3 is 1.94 bits per heavy atom. The smallest absolute Gasteiger partial charge is 0.514 e. The van der Waals surface area contributed by atoms with Crippen molar-refractivity contribution in [3.63, 3.8) is 0 Å². The maximum absolute atomic E-state index is 5.55. The summed E-state index contributed by atoms with van der Waals surface area (Å²) in [4.78, 5) is 0. The Hall–Kier alpha value is -0.214. The molecule has 0 aliphatic carbocycles. The fourth-order valence-corrected chi connectivity index (χ4v) is 0.770. The van der Waals surface area contributed by atoms with E-state index in [1.165, 1.54) is 5.92 Å². The van der Waals surface area contributed by atoms with Gasteiger partial charge in [-0.3, -0.25) is 0 Å². The largest absolute Gasteiger partial charge is 2.00 e. The zero-order valence-electron chi connectivity index (χ0n) is 11.4. The van der Waals surface area contributed by atoms with Crippen LogP contribution in [0.25, 0.3) is 0 Å². The quantitative estimate of drug-likeness (QED) is 0.525. The molecule has 86 valence electrons. The van der Waals surface area contributed by atoms with Crippen molar-refractivity contribution in [1.82, 2.24) is 0 Å². The third-order valence-corrected chi connectivity index (χ3v) is 1.10. The van der Waals surface area contributed by atoms with Crippen LogP contribution in [0, 0.1) is 12.0 Å². The van der Waals surface area contributed by atoms with Crippen molar-refractivity contribution in [2.45, 2.75) is 47.1 Å². The van der Waals surface area contributed by atoms with Gasteiger partial charge >= 0.3 is 23.1 Å². The van der Waals surface area contributed by atoms with Crippen molar-refractivity contribution < 1.29 is 4.74 Å². The van der Waals surface area contributed by atoms with E-state index in [2.05, 4.69) is 26.8 Å². The molecule has 1 rings (SSSR count). The topological polar surface area (TPSA) is 9.23 Å². The van der Waals surface area contributed by atoms with Crippen LogP contribution >= 0.6 is 0 Å². The number of benzene rings is 1. The zero-order valence-corrected chi connectivity index (χ0v) is 12.8. The molecule has 0 saturated carbocycles. The molecule has 1 aromatic rings. The van der Waals surface area contributed by atoms with Crippen LogP contribution in [0.4, 0.5) is 0 Å². The molecule has 0 N–H and O–H groups in total. The minimum absolute atomic E-state index is 0. The average Bonchev–Trinajstić information content (AvgIpc) is 2.01. The summed E-state index contributed by atoms with van der Waals surface area (Å²) in [7, 11) is 0. The third kappa shape index (κ3) is 13.8. The standard InChI is InChI=1S/C10H13O.C4H9.Mg/c1-10(2,3)11-9-7-5-4-6-8-9;1-4(2)3;/h4-7H,1-3H3;1-3H3;/q2*-1;+2. The van der Waals surface area contributed by atoms with Gasteiger partial charge in [0.1, 0.15) is 0 Å². The first-order valence-electron chi connectivity index (χ1n) is 5.24. The zero-order chi connectivity index (χ0) is 11.9. The molecule has 0 aliphatic rings. The van der Waals surface area contributed by atoms with Crippen LogP contribution in [0.2, 0.25) is 0 Å². The number of hydrogen-bond acceptors (Lipinski definition) is 1. The van der Waals surface area contributed by atoms with E-state index < -0.39 is 0 Å². The summed E-state index contributed by atoms with van der Waals surface area (Å²) in [6, 6.07) is 10.6. The van der Waals surface area contributed by atoms with Gasteiger partial charge in [0.2, 0.25) is 0 Å². The maximum Gasteiger partial charge on any atom is 2.00 e. The molecule has 1 aromatic carbocycles. The van der Waals surface area contributed by atoms with E-state index in [1.54, 1.807) is 0 Å². The van der Waals surface area contributed by atoms with Gasteiger partial charge in [-0.2, -0.15) is 39.0 Å². The summed E-state index contributed by atoms with van der Waals surface area (Å²) in [6.07, 6.45) is 0. The van der Waals surface area contributed by atoms with Crippen LogP contribution in [0.1, 0.15) is 41.5 Å². The molecule has 0 fully saturated rings. The Kier molecular flexibility index (Phi) is 10.1. The molecular formula is C14H22MgO. The molecular weight excluding hydrogens is 208 g/mol. The van der Waals surface area contributed by atoms with Gasteiger partial charge < -0.3 is 10.7 Å². The first-order chi connectivity index (χ1) is 6.81. The van der Waals surface area contributed by atoms with Crippen LogP contribution in [0.15, 0.2) is 24.3 Å². The van der Waals surface area contributed by atoms with Crippen LogP contribution in [0.3, 0.4) is 0 Å². The van der Waals surface area contributed by atoms with E-state index in [9.17, 15) is 0 Å². The minimum atomic E-state index is -0.127. The molecule has 0 unspecified atom stereocenters. The van der Waals surface area contributed by atoms with Gasteiger partial charge in [-0.05, 0) is 20.8 Å². The molecule has 0 radical (unpaired) electrons. The Morgan fingerprint density at radius 2 is 1.62 bits per heavy atom. The molecule has 0 aromatic heterocycles. The molecule has 1 nitrogen and oxygen atoms in total. The molecule has 0 atom stereocenters. The molecule has 0 aliphatic heterocycles. The van der Waals surface area contributed by atoms with E-state index in [0.717, 1.165) is 5.75 Å². The van der Waals surface area contributed by atoms with Gasteiger partial charge in [0.25, 0.3) is 0 Å². The first-order valence-corrected chi connectivity index (χ1v) is 5.24. The van der Waals surface area contributed by atoms with E-state index in [1.807, 2.05) is 45.0 Å². The monoisotopic (exact) mass is 230 g/mol. The normalized spacial score (nSPS) is 9.94. The van der Waals surface area contributed by atoms with Crippen molar-refractivity contribution in [2.75, 3.05) is 0 Å². The van der Waals surface area contributed by atoms with Crippen LogP contribution in [-0.2, 0) is 0 Å². The van der Waals surface area contributed by atoms with Crippen molar-refractivity contribution in [3.8, 4) is 5.75 Å². The molecule has 0 bridgehead atoms. The summed E-state index contributed by atoms with van der Waals surface area (Å²) in [6.45, 7) is 12.3. The average molecular weight is 231 g/mol. The first kappa shape index (κ1) is 18.2. The number of hydrogen-bond donors (Lipinski definition) is 0. The van der Waals surface area contributed by atoms with Gasteiger partial charge in [0.05, 0.1) is 5.60 Å². The Labute approximate surface area is 117 Å². The van der Waals surface area contributed by atoms with Crippen molar-refractivity contribution in [1.29, 1.82) is 0 Å². The number of para-hydroxylation sites is 1. The van der Waals surface area contributed by atoms with E-state index in [-0.39, 0.29) is 28.7 Å². The second-order valence-corrected chi connectivity index (χ2v) is 4.94. The maximum atomic E-state index is 5.55.